The maximum atomic E-state index is 12.1. The molecule has 0 saturated carbocycles. The number of nitrogens with zero attached hydrogens (tertiary/aromatic N) is 3. The number of nitrogens with one attached hydrogen (secondary N) is 2. The molecule has 7 heteroatoms. The maximum Gasteiger partial charge on any atom is 0.408 e. The summed E-state index contributed by atoms with van der Waals surface area (Å²) in [7, 11) is 0. The van der Waals surface area contributed by atoms with Crippen LogP contribution in [0, 0.1) is 0 Å². The SMILES string of the molecule is C[C@@H](NC(=O)OC(C)(C)C)c1nc2nc(-c3cccc(-c4ccncc4)c3)ccc2[nH]1. The number of imidazole rings is 1. The number of pyridine rings is 2. The second-order valence-corrected chi connectivity index (χ2v) is 8.37. The molecule has 4 aromatic rings. The number of hydrogen-bond acceptors (Lipinski definition) is 5. The maximum absolute atomic E-state index is 12.1. The minimum absolute atomic E-state index is 0.345. The van der Waals surface area contributed by atoms with Crippen LogP contribution in [0.5, 0.6) is 0 Å². The lowest BCUT2D eigenvalue weighted by molar-refractivity contribution is 0.0506. The lowest BCUT2D eigenvalue weighted by Gasteiger charge is -2.21. The molecule has 0 spiro atoms. The fraction of sp³-hybridized carbons (Fsp3) is 0.250. The Morgan fingerprint density at radius 2 is 1.74 bits per heavy atom. The summed E-state index contributed by atoms with van der Waals surface area (Å²) in [5, 5.41) is 2.80. The standard InChI is InChI=1S/C24H25N5O2/c1-15(26-23(30)31-24(2,3)4)21-28-20-9-8-19(27-22(20)29-21)18-7-5-6-17(14-18)16-10-12-25-13-11-16/h5-15H,1-4H3,(H,26,30)(H,27,28,29)/t15-/m1/s1. The van der Waals surface area contributed by atoms with Crippen molar-refractivity contribution in [2.45, 2.75) is 39.3 Å². The van der Waals surface area contributed by atoms with Crippen molar-refractivity contribution in [2.75, 3.05) is 0 Å². The van der Waals surface area contributed by atoms with Crippen LogP contribution in [-0.2, 0) is 4.74 Å². The van der Waals surface area contributed by atoms with Gasteiger partial charge in [0.25, 0.3) is 0 Å². The Morgan fingerprint density at radius 1 is 1.00 bits per heavy atom. The number of benzene rings is 1. The van der Waals surface area contributed by atoms with Gasteiger partial charge in [0.2, 0.25) is 0 Å². The summed E-state index contributed by atoms with van der Waals surface area (Å²) in [5.41, 5.74) is 4.87. The molecule has 1 aromatic carbocycles. The van der Waals surface area contributed by atoms with Crippen LogP contribution in [0.4, 0.5) is 4.79 Å². The van der Waals surface area contributed by atoms with Gasteiger partial charge in [0.1, 0.15) is 11.4 Å². The van der Waals surface area contributed by atoms with E-state index in [1.54, 1.807) is 12.4 Å². The number of aromatic nitrogens is 4. The van der Waals surface area contributed by atoms with Crippen molar-refractivity contribution in [3.8, 4) is 22.4 Å². The smallest absolute Gasteiger partial charge is 0.408 e. The van der Waals surface area contributed by atoms with Crippen LogP contribution < -0.4 is 5.32 Å². The van der Waals surface area contributed by atoms with Gasteiger partial charge in [0.15, 0.2) is 5.65 Å². The summed E-state index contributed by atoms with van der Waals surface area (Å²) < 4.78 is 5.32. The van der Waals surface area contributed by atoms with Crippen molar-refractivity contribution in [2.24, 2.45) is 0 Å². The highest BCUT2D eigenvalue weighted by Crippen LogP contribution is 2.26. The molecule has 0 fully saturated rings. The average molecular weight is 415 g/mol. The van der Waals surface area contributed by atoms with Gasteiger partial charge in [-0.25, -0.2) is 14.8 Å². The van der Waals surface area contributed by atoms with Gasteiger partial charge in [-0.15, -0.1) is 0 Å². The number of carbonyl (C=O) groups is 1. The molecule has 3 aromatic heterocycles. The van der Waals surface area contributed by atoms with E-state index >= 15 is 0 Å². The number of rotatable bonds is 4. The van der Waals surface area contributed by atoms with Crippen molar-refractivity contribution in [1.82, 2.24) is 25.3 Å². The third-order valence-corrected chi connectivity index (χ3v) is 4.68. The van der Waals surface area contributed by atoms with Crippen LogP contribution >= 0.6 is 0 Å². The summed E-state index contributed by atoms with van der Waals surface area (Å²) in [4.78, 5) is 28.7. The van der Waals surface area contributed by atoms with E-state index in [1.165, 1.54) is 0 Å². The van der Waals surface area contributed by atoms with E-state index in [0.29, 0.717) is 11.5 Å². The first-order valence-electron chi connectivity index (χ1n) is 10.2. The van der Waals surface area contributed by atoms with Crippen LogP contribution in [0.1, 0.15) is 39.6 Å². The lowest BCUT2D eigenvalue weighted by atomic mass is 10.0. The zero-order valence-corrected chi connectivity index (χ0v) is 18.0. The molecule has 158 valence electrons. The van der Waals surface area contributed by atoms with Gasteiger partial charge >= 0.3 is 6.09 Å². The zero-order valence-electron chi connectivity index (χ0n) is 18.0. The van der Waals surface area contributed by atoms with E-state index in [9.17, 15) is 4.79 Å². The van der Waals surface area contributed by atoms with Crippen LogP contribution in [0.2, 0.25) is 0 Å². The molecule has 0 aliphatic rings. The van der Waals surface area contributed by atoms with Crippen LogP contribution in [0.25, 0.3) is 33.5 Å². The van der Waals surface area contributed by atoms with Gasteiger partial charge in [-0.05, 0) is 69.2 Å². The summed E-state index contributed by atoms with van der Waals surface area (Å²) >= 11 is 0. The van der Waals surface area contributed by atoms with Crippen LogP contribution in [-0.4, -0.2) is 31.6 Å². The van der Waals surface area contributed by atoms with Crippen LogP contribution in [0.15, 0.2) is 60.9 Å². The molecule has 0 unspecified atom stereocenters. The third-order valence-electron chi connectivity index (χ3n) is 4.68. The number of alkyl carbamates (subject to hydrolysis) is 1. The van der Waals surface area contributed by atoms with E-state index < -0.39 is 11.7 Å². The van der Waals surface area contributed by atoms with E-state index in [-0.39, 0.29) is 6.04 Å². The monoisotopic (exact) mass is 415 g/mol. The summed E-state index contributed by atoms with van der Waals surface area (Å²) in [6.45, 7) is 7.33. The molecule has 0 aliphatic carbocycles. The Balaban J connectivity index is 1.58. The molecular weight excluding hydrogens is 390 g/mol. The predicted octanol–water partition coefficient (Wildman–Crippen LogP) is 5.27. The van der Waals surface area contributed by atoms with E-state index in [4.69, 9.17) is 9.72 Å². The number of H-pyrrole nitrogens is 1. The predicted molar refractivity (Wildman–Crippen MR) is 120 cm³/mol. The van der Waals surface area contributed by atoms with Crippen molar-refractivity contribution < 1.29 is 9.53 Å². The fourth-order valence-electron chi connectivity index (χ4n) is 3.23. The average Bonchev–Trinajstić information content (AvgIpc) is 3.17. The molecule has 7 nitrogen and oxygen atoms in total. The van der Waals surface area contributed by atoms with Crippen molar-refractivity contribution in [1.29, 1.82) is 0 Å². The lowest BCUT2D eigenvalue weighted by Crippen LogP contribution is -2.34. The van der Waals surface area contributed by atoms with Gasteiger partial charge in [-0.3, -0.25) is 4.98 Å². The van der Waals surface area contributed by atoms with Gasteiger partial charge in [-0.1, -0.05) is 18.2 Å². The second kappa shape index (κ2) is 8.18. The molecule has 1 amide bonds. The topological polar surface area (TPSA) is 92.8 Å². The number of fused-ring (bicyclic) bond motifs is 1. The molecule has 0 bridgehead atoms. The van der Waals surface area contributed by atoms with Crippen molar-refractivity contribution >= 4 is 17.3 Å². The Kier molecular flexibility index (Phi) is 5.42. The van der Waals surface area contributed by atoms with Gasteiger partial charge in [-0.2, -0.15) is 0 Å². The molecule has 2 N–H and O–H groups in total. The highest BCUT2D eigenvalue weighted by molar-refractivity contribution is 5.77. The third kappa shape index (κ3) is 4.88. The summed E-state index contributed by atoms with van der Waals surface area (Å²) in [6.07, 6.45) is 3.08. The van der Waals surface area contributed by atoms with Crippen molar-refractivity contribution in [3.63, 3.8) is 0 Å². The molecular formula is C24H25N5O2. The summed E-state index contributed by atoms with van der Waals surface area (Å²) in [6, 6.07) is 15.7. The molecule has 0 radical (unpaired) electrons. The first-order valence-corrected chi connectivity index (χ1v) is 10.2. The van der Waals surface area contributed by atoms with E-state index in [1.807, 2.05) is 64.1 Å². The summed E-state index contributed by atoms with van der Waals surface area (Å²) in [5.74, 6) is 0.621. The minimum Gasteiger partial charge on any atom is -0.444 e. The molecule has 31 heavy (non-hydrogen) atoms. The second-order valence-electron chi connectivity index (χ2n) is 8.37. The Bertz CT molecular complexity index is 1210. The Morgan fingerprint density at radius 3 is 2.48 bits per heavy atom. The quantitative estimate of drug-likeness (QED) is 0.473. The van der Waals surface area contributed by atoms with E-state index in [2.05, 4.69) is 32.4 Å². The number of amides is 1. The zero-order chi connectivity index (χ0) is 22.0. The molecule has 0 saturated heterocycles. The van der Waals surface area contributed by atoms with Gasteiger partial charge in [0.05, 0.1) is 17.3 Å². The Labute approximate surface area is 180 Å². The largest absolute Gasteiger partial charge is 0.444 e. The number of aromatic amines is 1. The molecule has 0 aliphatic heterocycles. The molecule has 1 atom stereocenters. The molecule has 3 heterocycles. The van der Waals surface area contributed by atoms with E-state index in [0.717, 1.165) is 27.9 Å². The highest BCUT2D eigenvalue weighted by Gasteiger charge is 2.20. The first-order chi connectivity index (χ1) is 14.8. The van der Waals surface area contributed by atoms with Gasteiger partial charge in [0, 0.05) is 18.0 Å². The minimum atomic E-state index is -0.557. The first kappa shape index (κ1) is 20.5. The highest BCUT2D eigenvalue weighted by atomic mass is 16.6. The number of ether oxygens (including phenoxy) is 1. The van der Waals surface area contributed by atoms with Crippen LogP contribution in [0.3, 0.4) is 0 Å². The fourth-order valence-corrected chi connectivity index (χ4v) is 3.23. The molecule has 4 rings (SSSR count). The van der Waals surface area contributed by atoms with Crippen molar-refractivity contribution in [3.05, 3.63) is 66.7 Å². The number of hydrogen-bond donors (Lipinski definition) is 2. The number of carbonyl (C=O) groups excluding carboxylic acids is 1. The normalized spacial score (nSPS) is 12.5. The Hall–Kier alpha value is -3.74. The van der Waals surface area contributed by atoms with Gasteiger partial charge < -0.3 is 15.0 Å².